The van der Waals surface area contributed by atoms with Crippen LogP contribution in [0.25, 0.3) is 0 Å². The summed E-state index contributed by atoms with van der Waals surface area (Å²) in [6, 6.07) is 5.58. The second-order valence-corrected chi connectivity index (χ2v) is 5.74. The smallest absolute Gasteiger partial charge is 0.329 e. The Bertz CT molecular complexity index is 553. The van der Waals surface area contributed by atoms with Crippen LogP contribution >= 0.6 is 0 Å². The van der Waals surface area contributed by atoms with Gasteiger partial charge >= 0.3 is 5.97 Å². The molecule has 1 fully saturated rings. The molecule has 1 N–H and O–H groups in total. The molecular formula is C16H21NO3. The largest absolute Gasteiger partial charge is 0.480 e. The van der Waals surface area contributed by atoms with Gasteiger partial charge in [-0.1, -0.05) is 12.1 Å². The standard InChI is InChI=1S/C16H21NO3/c1-11-7-6-8-13(12(11)2)14(18)17-10-5-4-9-16(17,3)15(19)20/h6-8H,4-5,9-10H2,1-3H3,(H,19,20). The summed E-state index contributed by atoms with van der Waals surface area (Å²) in [5.41, 5.74) is 1.49. The number of aryl methyl sites for hydroxylation is 1. The van der Waals surface area contributed by atoms with E-state index in [9.17, 15) is 14.7 Å². The van der Waals surface area contributed by atoms with Gasteiger partial charge in [-0.2, -0.15) is 0 Å². The van der Waals surface area contributed by atoms with Gasteiger partial charge < -0.3 is 10.0 Å². The van der Waals surface area contributed by atoms with Crippen molar-refractivity contribution in [1.82, 2.24) is 4.90 Å². The minimum Gasteiger partial charge on any atom is -0.480 e. The molecule has 20 heavy (non-hydrogen) atoms. The summed E-state index contributed by atoms with van der Waals surface area (Å²) in [4.78, 5) is 25.9. The average Bonchev–Trinajstić information content (AvgIpc) is 2.41. The van der Waals surface area contributed by atoms with Gasteiger partial charge in [-0.3, -0.25) is 4.79 Å². The zero-order valence-electron chi connectivity index (χ0n) is 12.3. The van der Waals surface area contributed by atoms with E-state index >= 15 is 0 Å². The maximum atomic E-state index is 12.8. The van der Waals surface area contributed by atoms with E-state index in [2.05, 4.69) is 0 Å². The number of aliphatic carboxylic acids is 1. The molecule has 1 aromatic carbocycles. The van der Waals surface area contributed by atoms with Crippen LogP contribution in [-0.4, -0.2) is 34.0 Å². The molecule has 1 heterocycles. The fourth-order valence-corrected chi connectivity index (χ4v) is 2.80. The first-order valence-corrected chi connectivity index (χ1v) is 6.99. The first-order chi connectivity index (χ1) is 9.38. The van der Waals surface area contributed by atoms with E-state index in [1.165, 1.54) is 4.90 Å². The number of hydrogen-bond donors (Lipinski definition) is 1. The molecule has 0 bridgehead atoms. The number of benzene rings is 1. The highest BCUT2D eigenvalue weighted by Crippen LogP contribution is 2.30. The van der Waals surface area contributed by atoms with E-state index in [1.807, 2.05) is 26.0 Å². The third-order valence-corrected chi connectivity index (χ3v) is 4.43. The topological polar surface area (TPSA) is 57.6 Å². The summed E-state index contributed by atoms with van der Waals surface area (Å²) in [7, 11) is 0. The van der Waals surface area contributed by atoms with Crippen molar-refractivity contribution in [1.29, 1.82) is 0 Å². The summed E-state index contributed by atoms with van der Waals surface area (Å²) in [5.74, 6) is -1.09. The second-order valence-electron chi connectivity index (χ2n) is 5.74. The Morgan fingerprint density at radius 3 is 2.60 bits per heavy atom. The molecule has 1 aliphatic rings. The van der Waals surface area contributed by atoms with E-state index in [-0.39, 0.29) is 5.91 Å². The van der Waals surface area contributed by atoms with Crippen molar-refractivity contribution in [2.75, 3.05) is 6.54 Å². The number of amides is 1. The van der Waals surface area contributed by atoms with Crippen LogP contribution in [-0.2, 0) is 4.79 Å². The van der Waals surface area contributed by atoms with Crippen molar-refractivity contribution in [2.24, 2.45) is 0 Å². The van der Waals surface area contributed by atoms with Crippen molar-refractivity contribution in [2.45, 2.75) is 45.6 Å². The number of carbonyl (C=O) groups is 2. The number of piperidine rings is 1. The minimum atomic E-state index is -1.09. The molecule has 108 valence electrons. The number of likely N-dealkylation sites (tertiary alicyclic amines) is 1. The number of hydrogen-bond acceptors (Lipinski definition) is 2. The molecule has 4 heteroatoms. The Labute approximate surface area is 119 Å². The molecular weight excluding hydrogens is 254 g/mol. The summed E-state index contributed by atoms with van der Waals surface area (Å²) in [5, 5.41) is 9.49. The first-order valence-electron chi connectivity index (χ1n) is 6.99. The maximum Gasteiger partial charge on any atom is 0.329 e. The third-order valence-electron chi connectivity index (χ3n) is 4.43. The van der Waals surface area contributed by atoms with Gasteiger partial charge in [0.05, 0.1) is 0 Å². The quantitative estimate of drug-likeness (QED) is 0.903. The van der Waals surface area contributed by atoms with Crippen molar-refractivity contribution in [3.63, 3.8) is 0 Å². The molecule has 1 unspecified atom stereocenters. The molecule has 0 aliphatic carbocycles. The third kappa shape index (κ3) is 2.30. The Hall–Kier alpha value is -1.84. The predicted molar refractivity (Wildman–Crippen MR) is 76.8 cm³/mol. The highest BCUT2D eigenvalue weighted by Gasteiger charge is 2.44. The van der Waals surface area contributed by atoms with Crippen LogP contribution < -0.4 is 0 Å². The number of rotatable bonds is 2. The van der Waals surface area contributed by atoms with E-state index in [0.29, 0.717) is 18.5 Å². The number of nitrogens with zero attached hydrogens (tertiary/aromatic N) is 1. The van der Waals surface area contributed by atoms with Crippen LogP contribution in [0.2, 0.25) is 0 Å². The Kier molecular flexibility index (Phi) is 3.84. The van der Waals surface area contributed by atoms with E-state index in [4.69, 9.17) is 0 Å². The van der Waals surface area contributed by atoms with Crippen LogP contribution in [0.4, 0.5) is 0 Å². The van der Waals surface area contributed by atoms with Crippen molar-refractivity contribution in [3.8, 4) is 0 Å². The molecule has 1 amide bonds. The van der Waals surface area contributed by atoms with Gasteiger partial charge in [0.1, 0.15) is 5.54 Å². The summed E-state index contributed by atoms with van der Waals surface area (Å²) >= 11 is 0. The number of carboxylic acid groups (broad SMARTS) is 1. The predicted octanol–water partition coefficient (Wildman–Crippen LogP) is 2.77. The minimum absolute atomic E-state index is 0.171. The zero-order valence-corrected chi connectivity index (χ0v) is 12.3. The Morgan fingerprint density at radius 2 is 1.95 bits per heavy atom. The second kappa shape index (κ2) is 5.27. The summed E-state index contributed by atoms with van der Waals surface area (Å²) < 4.78 is 0. The van der Waals surface area contributed by atoms with Crippen LogP contribution in [0.15, 0.2) is 18.2 Å². The van der Waals surface area contributed by atoms with Gasteiger partial charge in [0.15, 0.2) is 0 Å². The lowest BCUT2D eigenvalue weighted by molar-refractivity contribution is -0.150. The Balaban J connectivity index is 2.40. The summed E-state index contributed by atoms with van der Waals surface area (Å²) in [6.07, 6.45) is 2.22. The number of carbonyl (C=O) groups excluding carboxylic acids is 1. The SMILES string of the molecule is Cc1cccc(C(=O)N2CCCCC2(C)C(=O)O)c1C. The fourth-order valence-electron chi connectivity index (χ4n) is 2.80. The van der Waals surface area contributed by atoms with E-state index in [0.717, 1.165) is 24.0 Å². The molecule has 1 aliphatic heterocycles. The van der Waals surface area contributed by atoms with Crippen molar-refractivity contribution in [3.05, 3.63) is 34.9 Å². The molecule has 1 atom stereocenters. The van der Waals surface area contributed by atoms with Gasteiger partial charge in [0, 0.05) is 12.1 Å². The van der Waals surface area contributed by atoms with E-state index in [1.54, 1.807) is 13.0 Å². The molecule has 4 nitrogen and oxygen atoms in total. The van der Waals surface area contributed by atoms with Gasteiger partial charge in [0.25, 0.3) is 5.91 Å². The molecule has 0 saturated carbocycles. The highest BCUT2D eigenvalue weighted by molar-refractivity contribution is 5.99. The number of carboxylic acids is 1. The van der Waals surface area contributed by atoms with Gasteiger partial charge in [0.2, 0.25) is 0 Å². The monoisotopic (exact) mass is 275 g/mol. The van der Waals surface area contributed by atoms with Crippen LogP contribution in [0.3, 0.4) is 0 Å². The van der Waals surface area contributed by atoms with Crippen molar-refractivity contribution >= 4 is 11.9 Å². The van der Waals surface area contributed by atoms with Gasteiger partial charge in [-0.25, -0.2) is 4.79 Å². The molecule has 2 rings (SSSR count). The lowest BCUT2D eigenvalue weighted by atomic mass is 9.87. The average molecular weight is 275 g/mol. The van der Waals surface area contributed by atoms with Crippen LogP contribution in [0.1, 0.15) is 47.7 Å². The van der Waals surface area contributed by atoms with Crippen LogP contribution in [0, 0.1) is 13.8 Å². The molecule has 0 spiro atoms. The molecule has 1 saturated heterocycles. The maximum absolute atomic E-state index is 12.8. The lowest BCUT2D eigenvalue weighted by Gasteiger charge is -2.41. The zero-order chi connectivity index (χ0) is 14.9. The highest BCUT2D eigenvalue weighted by atomic mass is 16.4. The van der Waals surface area contributed by atoms with Gasteiger partial charge in [-0.05, 0) is 57.2 Å². The molecule has 0 aromatic heterocycles. The van der Waals surface area contributed by atoms with E-state index < -0.39 is 11.5 Å². The Morgan fingerprint density at radius 1 is 1.25 bits per heavy atom. The van der Waals surface area contributed by atoms with Gasteiger partial charge in [-0.15, -0.1) is 0 Å². The lowest BCUT2D eigenvalue weighted by Crippen LogP contribution is -2.57. The molecule has 1 aromatic rings. The molecule has 0 radical (unpaired) electrons. The van der Waals surface area contributed by atoms with Crippen molar-refractivity contribution < 1.29 is 14.7 Å². The summed E-state index contributed by atoms with van der Waals surface area (Å²) in [6.45, 7) is 6.02. The first kappa shape index (κ1) is 14.6. The van der Waals surface area contributed by atoms with Crippen LogP contribution in [0.5, 0.6) is 0 Å². The normalized spacial score (nSPS) is 22.6. The fraction of sp³-hybridized carbons (Fsp3) is 0.500.